The molecule has 0 heteroatoms. The lowest BCUT2D eigenvalue weighted by atomic mass is 10.00. The van der Waals surface area contributed by atoms with E-state index in [0.29, 0.717) is 0 Å². The Labute approximate surface area is 81.3 Å². The Morgan fingerprint density at radius 2 is 2.08 bits per heavy atom. The van der Waals surface area contributed by atoms with Gasteiger partial charge in [-0.05, 0) is 29.5 Å². The average Bonchev–Trinajstić information content (AvgIpc) is 2.18. The van der Waals surface area contributed by atoms with E-state index in [4.69, 9.17) is 0 Å². The SMILES string of the molecule is C=Cc1ccc(CCC)cc1CC. The second-order valence-corrected chi connectivity index (χ2v) is 3.34. The van der Waals surface area contributed by atoms with Gasteiger partial charge in [-0.2, -0.15) is 0 Å². The highest BCUT2D eigenvalue weighted by Crippen LogP contribution is 2.15. The zero-order valence-electron chi connectivity index (χ0n) is 8.64. The van der Waals surface area contributed by atoms with Crippen molar-refractivity contribution in [3.05, 3.63) is 41.5 Å². The van der Waals surface area contributed by atoms with Gasteiger partial charge in [0.15, 0.2) is 0 Å². The van der Waals surface area contributed by atoms with Gasteiger partial charge < -0.3 is 0 Å². The molecule has 0 N–H and O–H groups in total. The molecule has 0 radical (unpaired) electrons. The Bertz CT molecular complexity index is 284. The van der Waals surface area contributed by atoms with Crippen molar-refractivity contribution in [1.82, 2.24) is 0 Å². The van der Waals surface area contributed by atoms with Gasteiger partial charge in [-0.3, -0.25) is 0 Å². The van der Waals surface area contributed by atoms with Gasteiger partial charge in [0.1, 0.15) is 0 Å². The molecule has 0 amide bonds. The van der Waals surface area contributed by atoms with Crippen molar-refractivity contribution in [3.63, 3.8) is 0 Å². The van der Waals surface area contributed by atoms with E-state index in [1.54, 1.807) is 0 Å². The Morgan fingerprint density at radius 3 is 2.62 bits per heavy atom. The standard InChI is InChI=1S/C13H18/c1-4-7-11-8-9-12(5-2)13(6-3)10-11/h5,8-10H,2,4,6-7H2,1,3H3. The summed E-state index contributed by atoms with van der Waals surface area (Å²) in [5, 5.41) is 0. The van der Waals surface area contributed by atoms with Gasteiger partial charge in [0.05, 0.1) is 0 Å². The molecule has 0 spiro atoms. The maximum atomic E-state index is 3.82. The second kappa shape index (κ2) is 4.86. The van der Waals surface area contributed by atoms with Crippen LogP contribution in [-0.2, 0) is 12.8 Å². The summed E-state index contributed by atoms with van der Waals surface area (Å²) in [7, 11) is 0. The van der Waals surface area contributed by atoms with Gasteiger partial charge >= 0.3 is 0 Å². The Hall–Kier alpha value is -1.04. The van der Waals surface area contributed by atoms with Gasteiger partial charge in [-0.1, -0.05) is 51.1 Å². The van der Waals surface area contributed by atoms with Crippen LogP contribution >= 0.6 is 0 Å². The molecule has 0 fully saturated rings. The highest BCUT2D eigenvalue weighted by molar-refractivity contribution is 5.52. The predicted molar refractivity (Wildman–Crippen MR) is 59.9 cm³/mol. The van der Waals surface area contributed by atoms with E-state index in [1.807, 2.05) is 6.08 Å². The highest BCUT2D eigenvalue weighted by Gasteiger charge is 1.98. The minimum absolute atomic E-state index is 1.10. The van der Waals surface area contributed by atoms with Crippen LogP contribution in [0.25, 0.3) is 6.08 Å². The summed E-state index contributed by atoms with van der Waals surface area (Å²) in [5.74, 6) is 0. The second-order valence-electron chi connectivity index (χ2n) is 3.34. The molecule has 0 unspecified atom stereocenters. The summed E-state index contributed by atoms with van der Waals surface area (Å²) in [5.41, 5.74) is 4.15. The molecule has 0 saturated heterocycles. The van der Waals surface area contributed by atoms with Gasteiger partial charge in [0.2, 0.25) is 0 Å². The fourth-order valence-corrected chi connectivity index (χ4v) is 1.61. The van der Waals surface area contributed by atoms with Crippen molar-refractivity contribution in [2.75, 3.05) is 0 Å². The van der Waals surface area contributed by atoms with E-state index in [0.717, 1.165) is 6.42 Å². The summed E-state index contributed by atoms with van der Waals surface area (Å²) >= 11 is 0. The number of hydrogen-bond acceptors (Lipinski definition) is 0. The lowest BCUT2D eigenvalue weighted by Crippen LogP contribution is -1.90. The topological polar surface area (TPSA) is 0 Å². The third kappa shape index (κ3) is 2.45. The Balaban J connectivity index is 2.98. The van der Waals surface area contributed by atoms with Crippen molar-refractivity contribution in [2.45, 2.75) is 33.1 Å². The van der Waals surface area contributed by atoms with E-state index in [-0.39, 0.29) is 0 Å². The molecule has 0 aliphatic rings. The Morgan fingerprint density at radius 1 is 1.31 bits per heavy atom. The van der Waals surface area contributed by atoms with Crippen LogP contribution in [0.5, 0.6) is 0 Å². The highest BCUT2D eigenvalue weighted by atomic mass is 14.0. The van der Waals surface area contributed by atoms with Gasteiger partial charge in [0.25, 0.3) is 0 Å². The van der Waals surface area contributed by atoms with Crippen molar-refractivity contribution in [1.29, 1.82) is 0 Å². The minimum atomic E-state index is 1.10. The van der Waals surface area contributed by atoms with Crippen LogP contribution in [0.3, 0.4) is 0 Å². The van der Waals surface area contributed by atoms with Crippen LogP contribution in [0.15, 0.2) is 24.8 Å². The quantitative estimate of drug-likeness (QED) is 0.650. The third-order valence-electron chi connectivity index (χ3n) is 2.35. The van der Waals surface area contributed by atoms with E-state index in [9.17, 15) is 0 Å². The zero-order valence-corrected chi connectivity index (χ0v) is 8.64. The summed E-state index contributed by atoms with van der Waals surface area (Å²) < 4.78 is 0. The lowest BCUT2D eigenvalue weighted by Gasteiger charge is -2.06. The molecule has 0 saturated carbocycles. The third-order valence-corrected chi connectivity index (χ3v) is 2.35. The van der Waals surface area contributed by atoms with E-state index < -0.39 is 0 Å². The van der Waals surface area contributed by atoms with Gasteiger partial charge in [-0.25, -0.2) is 0 Å². The molecule has 1 aromatic rings. The van der Waals surface area contributed by atoms with Crippen LogP contribution in [0.2, 0.25) is 0 Å². The summed E-state index contributed by atoms with van der Waals surface area (Å²) in [4.78, 5) is 0. The molecule has 70 valence electrons. The number of benzene rings is 1. The summed E-state index contributed by atoms with van der Waals surface area (Å²) in [6.45, 7) is 8.22. The number of rotatable bonds is 4. The normalized spacial score (nSPS) is 10.0. The van der Waals surface area contributed by atoms with E-state index in [1.165, 1.54) is 29.5 Å². The molecule has 0 aliphatic heterocycles. The minimum Gasteiger partial charge on any atom is -0.0985 e. The van der Waals surface area contributed by atoms with Crippen molar-refractivity contribution in [2.24, 2.45) is 0 Å². The molecule has 0 bridgehead atoms. The van der Waals surface area contributed by atoms with Crippen LogP contribution < -0.4 is 0 Å². The average molecular weight is 174 g/mol. The first-order chi connectivity index (χ1) is 6.31. The summed E-state index contributed by atoms with van der Waals surface area (Å²) in [6, 6.07) is 6.69. The zero-order chi connectivity index (χ0) is 9.68. The van der Waals surface area contributed by atoms with Crippen LogP contribution in [-0.4, -0.2) is 0 Å². The van der Waals surface area contributed by atoms with Crippen molar-refractivity contribution in [3.8, 4) is 0 Å². The van der Waals surface area contributed by atoms with Gasteiger partial charge in [-0.15, -0.1) is 0 Å². The van der Waals surface area contributed by atoms with Crippen molar-refractivity contribution >= 4 is 6.08 Å². The van der Waals surface area contributed by atoms with E-state index in [2.05, 4.69) is 38.6 Å². The molecular weight excluding hydrogens is 156 g/mol. The van der Waals surface area contributed by atoms with Crippen LogP contribution in [0, 0.1) is 0 Å². The van der Waals surface area contributed by atoms with Crippen LogP contribution in [0.4, 0.5) is 0 Å². The Kier molecular flexibility index (Phi) is 3.75. The first-order valence-corrected chi connectivity index (χ1v) is 5.06. The monoisotopic (exact) mass is 174 g/mol. The maximum absolute atomic E-state index is 3.82. The number of aryl methyl sites for hydroxylation is 2. The fourth-order valence-electron chi connectivity index (χ4n) is 1.61. The molecule has 1 rings (SSSR count). The van der Waals surface area contributed by atoms with Crippen molar-refractivity contribution < 1.29 is 0 Å². The predicted octanol–water partition coefficient (Wildman–Crippen LogP) is 3.84. The largest absolute Gasteiger partial charge is 0.0985 e. The molecule has 0 aliphatic carbocycles. The molecule has 1 aromatic carbocycles. The molecule has 13 heavy (non-hydrogen) atoms. The molecule has 0 aromatic heterocycles. The smallest absolute Gasteiger partial charge is 0.0230 e. The molecular formula is C13H18. The first kappa shape index (κ1) is 10.0. The molecule has 0 heterocycles. The summed E-state index contributed by atoms with van der Waals surface area (Å²) in [6.07, 6.45) is 5.44. The maximum Gasteiger partial charge on any atom is -0.0230 e. The molecule has 0 atom stereocenters. The number of hydrogen-bond donors (Lipinski definition) is 0. The molecule has 0 nitrogen and oxygen atoms in total. The lowest BCUT2D eigenvalue weighted by molar-refractivity contribution is 0.917. The van der Waals surface area contributed by atoms with Gasteiger partial charge in [0, 0.05) is 0 Å². The first-order valence-electron chi connectivity index (χ1n) is 5.06. The van der Waals surface area contributed by atoms with Crippen LogP contribution in [0.1, 0.15) is 37.0 Å². The van der Waals surface area contributed by atoms with E-state index >= 15 is 0 Å². The fraction of sp³-hybridized carbons (Fsp3) is 0.385.